The first-order valence-electron chi connectivity index (χ1n) is 6.61. The molecule has 0 heterocycles. The second-order valence-corrected chi connectivity index (χ2v) is 4.35. The Balaban J connectivity index is 1.95. The molecule has 0 saturated heterocycles. The predicted molar refractivity (Wildman–Crippen MR) is 82.6 cm³/mol. The highest BCUT2D eigenvalue weighted by Gasteiger charge is 2.13. The lowest BCUT2D eigenvalue weighted by Crippen LogP contribution is -2.15. The zero-order valence-corrected chi connectivity index (χ0v) is 11.8. The highest BCUT2D eigenvalue weighted by Crippen LogP contribution is 2.23. The highest BCUT2D eigenvalue weighted by molar-refractivity contribution is 5.98. The summed E-state index contributed by atoms with van der Waals surface area (Å²) in [6.45, 7) is 0.978. The van der Waals surface area contributed by atoms with Gasteiger partial charge in [-0.1, -0.05) is 24.3 Å². The smallest absolute Gasteiger partial charge is 0.340 e. The van der Waals surface area contributed by atoms with Crippen molar-refractivity contribution < 1.29 is 14.3 Å². The Kier molecular flexibility index (Phi) is 5.04. The first kappa shape index (κ1) is 14.7. The number of carbonyl (C=O) groups excluding carboxylic acids is 1. The van der Waals surface area contributed by atoms with Gasteiger partial charge in [-0.15, -0.1) is 0 Å². The number of carbonyl (C=O) groups is 1. The summed E-state index contributed by atoms with van der Waals surface area (Å²) in [5.41, 5.74) is 7.38. The van der Waals surface area contributed by atoms with Crippen LogP contribution in [0.3, 0.4) is 0 Å². The van der Waals surface area contributed by atoms with E-state index in [1.54, 1.807) is 18.2 Å². The Labute approximate surface area is 123 Å². The number of hydrogen-bond donors (Lipinski definition) is 2. The van der Waals surface area contributed by atoms with Crippen LogP contribution < -0.4 is 15.8 Å². The van der Waals surface area contributed by atoms with E-state index in [1.807, 2.05) is 30.3 Å². The summed E-state index contributed by atoms with van der Waals surface area (Å²) < 4.78 is 10.3. The van der Waals surface area contributed by atoms with Gasteiger partial charge in [0, 0.05) is 6.54 Å². The van der Waals surface area contributed by atoms with Gasteiger partial charge in [0.1, 0.15) is 12.4 Å². The lowest BCUT2D eigenvalue weighted by Gasteiger charge is -2.13. The topological polar surface area (TPSA) is 73.6 Å². The molecule has 0 aliphatic rings. The summed E-state index contributed by atoms with van der Waals surface area (Å²) >= 11 is 0. The predicted octanol–water partition coefficient (Wildman–Crippen LogP) is 2.55. The maximum absolute atomic E-state index is 11.7. The number of methoxy groups -OCH3 is 1. The molecular weight excluding hydrogens is 268 g/mol. The van der Waals surface area contributed by atoms with Gasteiger partial charge in [0.05, 0.1) is 24.0 Å². The largest absolute Gasteiger partial charge is 0.492 e. The molecule has 0 unspecified atom stereocenters. The van der Waals surface area contributed by atoms with E-state index >= 15 is 0 Å². The van der Waals surface area contributed by atoms with Crippen LogP contribution in [0.1, 0.15) is 10.4 Å². The van der Waals surface area contributed by atoms with E-state index in [1.165, 1.54) is 7.11 Å². The number of esters is 1. The maximum atomic E-state index is 11.7. The van der Waals surface area contributed by atoms with Gasteiger partial charge >= 0.3 is 5.97 Å². The number of hydrogen-bond acceptors (Lipinski definition) is 5. The molecule has 0 atom stereocenters. The third kappa shape index (κ3) is 3.89. The van der Waals surface area contributed by atoms with Gasteiger partial charge in [-0.05, 0) is 24.3 Å². The number of anilines is 2. The first-order valence-corrected chi connectivity index (χ1v) is 6.61. The van der Waals surface area contributed by atoms with Crippen molar-refractivity contribution in [2.45, 2.75) is 0 Å². The molecule has 5 nitrogen and oxygen atoms in total. The third-order valence-electron chi connectivity index (χ3n) is 2.92. The van der Waals surface area contributed by atoms with Crippen LogP contribution in [-0.4, -0.2) is 26.2 Å². The number of nitrogen functional groups attached to an aromatic ring is 1. The van der Waals surface area contributed by atoms with Gasteiger partial charge in [0.15, 0.2) is 0 Å². The van der Waals surface area contributed by atoms with E-state index in [0.29, 0.717) is 30.1 Å². The lowest BCUT2D eigenvalue weighted by molar-refractivity contribution is 0.0602. The minimum Gasteiger partial charge on any atom is -0.492 e. The van der Waals surface area contributed by atoms with Crippen LogP contribution in [0.25, 0.3) is 0 Å². The normalized spacial score (nSPS) is 9.95. The lowest BCUT2D eigenvalue weighted by atomic mass is 10.1. The van der Waals surface area contributed by atoms with Crippen molar-refractivity contribution in [2.24, 2.45) is 0 Å². The summed E-state index contributed by atoms with van der Waals surface area (Å²) in [5.74, 6) is 0.377. The SMILES string of the molecule is COC(=O)c1cccc(N)c1NCCOc1ccccc1. The van der Waals surface area contributed by atoms with Crippen LogP contribution in [0.2, 0.25) is 0 Å². The molecule has 2 aromatic carbocycles. The summed E-state index contributed by atoms with van der Waals surface area (Å²) in [6, 6.07) is 14.6. The fraction of sp³-hybridized carbons (Fsp3) is 0.188. The van der Waals surface area contributed by atoms with Crippen molar-refractivity contribution >= 4 is 17.3 Å². The fourth-order valence-corrected chi connectivity index (χ4v) is 1.91. The third-order valence-corrected chi connectivity index (χ3v) is 2.92. The van der Waals surface area contributed by atoms with Crippen LogP contribution in [-0.2, 0) is 4.74 Å². The standard InChI is InChI=1S/C16H18N2O3/c1-20-16(19)13-8-5-9-14(17)15(13)18-10-11-21-12-6-3-2-4-7-12/h2-9,18H,10-11,17H2,1H3. The minimum atomic E-state index is -0.422. The second-order valence-electron chi connectivity index (χ2n) is 4.35. The van der Waals surface area contributed by atoms with E-state index in [0.717, 1.165) is 5.75 Å². The van der Waals surface area contributed by atoms with Crippen LogP contribution in [0.15, 0.2) is 48.5 Å². The zero-order valence-electron chi connectivity index (χ0n) is 11.8. The average molecular weight is 286 g/mol. The number of nitrogens with one attached hydrogen (secondary N) is 1. The Morgan fingerprint density at radius 3 is 2.62 bits per heavy atom. The average Bonchev–Trinajstić information content (AvgIpc) is 2.53. The molecule has 0 aromatic heterocycles. The quantitative estimate of drug-likeness (QED) is 0.485. The summed E-state index contributed by atoms with van der Waals surface area (Å²) in [6.07, 6.45) is 0. The van der Waals surface area contributed by atoms with Crippen LogP contribution in [0.4, 0.5) is 11.4 Å². The molecule has 110 valence electrons. The van der Waals surface area contributed by atoms with E-state index in [2.05, 4.69) is 5.32 Å². The van der Waals surface area contributed by atoms with Gasteiger partial charge in [-0.25, -0.2) is 4.79 Å². The number of ether oxygens (including phenoxy) is 2. The molecule has 2 aromatic rings. The molecule has 0 saturated carbocycles. The molecule has 0 fully saturated rings. The number of nitrogens with two attached hydrogens (primary N) is 1. The van der Waals surface area contributed by atoms with Crippen LogP contribution in [0.5, 0.6) is 5.75 Å². The summed E-state index contributed by atoms with van der Waals surface area (Å²) in [7, 11) is 1.34. The molecule has 0 aliphatic carbocycles. The maximum Gasteiger partial charge on any atom is 0.340 e. The van der Waals surface area contributed by atoms with Gasteiger partial charge in [-0.2, -0.15) is 0 Å². The van der Waals surface area contributed by atoms with Crippen molar-refractivity contribution in [2.75, 3.05) is 31.3 Å². The highest BCUT2D eigenvalue weighted by atomic mass is 16.5. The van der Waals surface area contributed by atoms with Crippen molar-refractivity contribution in [3.05, 3.63) is 54.1 Å². The molecule has 0 amide bonds. The summed E-state index contributed by atoms with van der Waals surface area (Å²) in [4.78, 5) is 11.7. The fourth-order valence-electron chi connectivity index (χ4n) is 1.91. The van der Waals surface area contributed by atoms with Gasteiger partial charge in [0.2, 0.25) is 0 Å². The van der Waals surface area contributed by atoms with Crippen molar-refractivity contribution in [3.8, 4) is 5.75 Å². The van der Waals surface area contributed by atoms with E-state index in [9.17, 15) is 4.79 Å². The minimum absolute atomic E-state index is 0.414. The van der Waals surface area contributed by atoms with Crippen LogP contribution in [0, 0.1) is 0 Å². The van der Waals surface area contributed by atoms with E-state index in [-0.39, 0.29) is 0 Å². The van der Waals surface area contributed by atoms with Gasteiger partial charge < -0.3 is 20.5 Å². The Hall–Kier alpha value is -2.69. The molecule has 3 N–H and O–H groups in total. The van der Waals surface area contributed by atoms with E-state index < -0.39 is 5.97 Å². The molecule has 0 spiro atoms. The van der Waals surface area contributed by atoms with E-state index in [4.69, 9.17) is 15.2 Å². The first-order chi connectivity index (χ1) is 10.2. The Bertz CT molecular complexity index is 600. The zero-order chi connectivity index (χ0) is 15.1. The van der Waals surface area contributed by atoms with Gasteiger partial charge in [-0.3, -0.25) is 0 Å². The van der Waals surface area contributed by atoms with Crippen molar-refractivity contribution in [1.29, 1.82) is 0 Å². The van der Waals surface area contributed by atoms with Crippen molar-refractivity contribution in [3.63, 3.8) is 0 Å². The number of para-hydroxylation sites is 2. The second kappa shape index (κ2) is 7.19. The molecular formula is C16H18N2O3. The monoisotopic (exact) mass is 286 g/mol. The number of rotatable bonds is 6. The molecule has 21 heavy (non-hydrogen) atoms. The Morgan fingerprint density at radius 1 is 1.14 bits per heavy atom. The molecule has 0 bridgehead atoms. The molecule has 5 heteroatoms. The van der Waals surface area contributed by atoms with Crippen LogP contribution >= 0.6 is 0 Å². The molecule has 2 rings (SSSR count). The molecule has 0 radical (unpaired) electrons. The number of benzene rings is 2. The van der Waals surface area contributed by atoms with Crippen molar-refractivity contribution in [1.82, 2.24) is 0 Å². The molecule has 0 aliphatic heterocycles. The Morgan fingerprint density at radius 2 is 1.90 bits per heavy atom. The van der Waals surface area contributed by atoms with Gasteiger partial charge in [0.25, 0.3) is 0 Å². The summed E-state index contributed by atoms with van der Waals surface area (Å²) in [5, 5.41) is 3.12.